The van der Waals surface area contributed by atoms with Crippen LogP contribution in [0.25, 0.3) is 0 Å². The Bertz CT molecular complexity index is 840. The van der Waals surface area contributed by atoms with Gasteiger partial charge in [0, 0.05) is 19.0 Å². The fourth-order valence-electron chi connectivity index (χ4n) is 2.92. The van der Waals surface area contributed by atoms with Gasteiger partial charge < -0.3 is 19.7 Å². The molecule has 1 aliphatic heterocycles. The van der Waals surface area contributed by atoms with Crippen molar-refractivity contribution < 1.29 is 19.1 Å². The minimum atomic E-state index is -0.467. The predicted octanol–water partition coefficient (Wildman–Crippen LogP) is 3.35. The largest absolute Gasteiger partial charge is 0.497 e. The van der Waals surface area contributed by atoms with Crippen LogP contribution in [0, 0.1) is 5.92 Å². The summed E-state index contributed by atoms with van der Waals surface area (Å²) in [5.74, 6) is 0.285. The van der Waals surface area contributed by atoms with E-state index in [-0.39, 0.29) is 24.8 Å². The number of halogens is 1. The van der Waals surface area contributed by atoms with Crippen molar-refractivity contribution in [1.29, 1.82) is 0 Å². The van der Waals surface area contributed by atoms with Gasteiger partial charge in [-0.05, 0) is 24.3 Å². The Kier molecular flexibility index (Phi) is 5.32. The van der Waals surface area contributed by atoms with Crippen LogP contribution < -0.4 is 19.7 Å². The van der Waals surface area contributed by atoms with Crippen LogP contribution in [-0.4, -0.2) is 32.6 Å². The molecule has 2 aromatic carbocycles. The van der Waals surface area contributed by atoms with Gasteiger partial charge >= 0.3 is 0 Å². The van der Waals surface area contributed by atoms with E-state index in [1.54, 1.807) is 48.4 Å². The number of hydrogen-bond donors (Lipinski definition) is 1. The van der Waals surface area contributed by atoms with E-state index in [1.165, 1.54) is 7.11 Å². The zero-order chi connectivity index (χ0) is 18.7. The second-order valence-corrected chi connectivity index (χ2v) is 6.32. The normalized spacial score (nSPS) is 16.5. The quantitative estimate of drug-likeness (QED) is 0.871. The number of rotatable bonds is 5. The Hall–Kier alpha value is -2.73. The molecule has 0 radical (unpaired) electrons. The van der Waals surface area contributed by atoms with Crippen molar-refractivity contribution in [2.24, 2.45) is 5.92 Å². The number of para-hydroxylation sites is 1. The minimum Gasteiger partial charge on any atom is -0.497 e. The Labute approximate surface area is 156 Å². The third-order valence-corrected chi connectivity index (χ3v) is 4.63. The molecule has 1 aliphatic rings. The molecule has 0 saturated carbocycles. The summed E-state index contributed by atoms with van der Waals surface area (Å²) < 4.78 is 10.4. The van der Waals surface area contributed by atoms with Gasteiger partial charge in [-0.1, -0.05) is 23.7 Å². The molecule has 0 aromatic heterocycles. The molecule has 2 amide bonds. The lowest BCUT2D eigenvalue weighted by molar-refractivity contribution is -0.122. The summed E-state index contributed by atoms with van der Waals surface area (Å²) in [6.07, 6.45) is 0.134. The van der Waals surface area contributed by atoms with Gasteiger partial charge in [0.2, 0.25) is 11.8 Å². The number of anilines is 2. The van der Waals surface area contributed by atoms with Crippen LogP contribution in [0.3, 0.4) is 0 Å². The van der Waals surface area contributed by atoms with Crippen LogP contribution in [0.5, 0.6) is 11.5 Å². The average Bonchev–Trinajstić information content (AvgIpc) is 3.04. The number of benzene rings is 2. The monoisotopic (exact) mass is 374 g/mol. The fraction of sp³-hybridized carbons (Fsp3) is 0.263. The van der Waals surface area contributed by atoms with E-state index in [1.807, 2.05) is 6.07 Å². The summed E-state index contributed by atoms with van der Waals surface area (Å²) in [6.45, 7) is 0.285. The second kappa shape index (κ2) is 7.66. The summed E-state index contributed by atoms with van der Waals surface area (Å²) in [5, 5.41) is 3.32. The van der Waals surface area contributed by atoms with Gasteiger partial charge in [-0.3, -0.25) is 9.59 Å². The second-order valence-electron chi connectivity index (χ2n) is 5.91. The van der Waals surface area contributed by atoms with Gasteiger partial charge in [0.25, 0.3) is 0 Å². The van der Waals surface area contributed by atoms with Gasteiger partial charge in [-0.2, -0.15) is 0 Å². The van der Waals surface area contributed by atoms with Crippen molar-refractivity contribution in [3.8, 4) is 11.5 Å². The molecule has 1 saturated heterocycles. The van der Waals surface area contributed by atoms with Crippen molar-refractivity contribution in [2.45, 2.75) is 6.42 Å². The Morgan fingerprint density at radius 2 is 1.96 bits per heavy atom. The number of carbonyl (C=O) groups is 2. The fourth-order valence-corrected chi connectivity index (χ4v) is 3.16. The molecule has 0 spiro atoms. The van der Waals surface area contributed by atoms with Crippen LogP contribution in [-0.2, 0) is 9.59 Å². The van der Waals surface area contributed by atoms with E-state index in [0.29, 0.717) is 27.9 Å². The van der Waals surface area contributed by atoms with Crippen LogP contribution in [0.2, 0.25) is 5.02 Å². The third-order valence-electron chi connectivity index (χ3n) is 4.31. The molecular formula is C19H19ClN2O4. The van der Waals surface area contributed by atoms with E-state index in [2.05, 4.69) is 5.32 Å². The maximum absolute atomic E-state index is 12.6. The van der Waals surface area contributed by atoms with Crippen molar-refractivity contribution in [2.75, 3.05) is 31.0 Å². The molecule has 136 valence electrons. The highest BCUT2D eigenvalue weighted by atomic mass is 35.5. The standard InChI is InChI=1S/C19H19ClN2O4/c1-25-13-7-8-15(17(10-13)26-2)21-19(24)12-9-18(23)22(11-12)16-6-4-3-5-14(16)20/h3-8,10,12H,9,11H2,1-2H3,(H,21,24)/t12-/m0/s1. The van der Waals surface area contributed by atoms with E-state index in [0.717, 1.165) is 0 Å². The molecule has 0 aliphatic carbocycles. The summed E-state index contributed by atoms with van der Waals surface area (Å²) in [4.78, 5) is 26.5. The Morgan fingerprint density at radius 3 is 2.65 bits per heavy atom. The van der Waals surface area contributed by atoms with Gasteiger partial charge in [-0.15, -0.1) is 0 Å². The van der Waals surface area contributed by atoms with Crippen molar-refractivity contribution >= 4 is 34.8 Å². The van der Waals surface area contributed by atoms with Crippen LogP contribution >= 0.6 is 11.6 Å². The SMILES string of the molecule is COc1ccc(NC(=O)[C@H]2CC(=O)N(c3ccccc3Cl)C2)c(OC)c1. The Morgan fingerprint density at radius 1 is 1.19 bits per heavy atom. The summed E-state index contributed by atoms with van der Waals surface area (Å²) >= 11 is 6.17. The predicted molar refractivity (Wildman–Crippen MR) is 100 cm³/mol. The first-order valence-corrected chi connectivity index (χ1v) is 8.49. The number of nitrogens with zero attached hydrogens (tertiary/aromatic N) is 1. The van der Waals surface area contributed by atoms with Crippen molar-refractivity contribution in [3.63, 3.8) is 0 Å². The number of hydrogen-bond acceptors (Lipinski definition) is 4. The molecule has 0 unspecified atom stereocenters. The highest BCUT2D eigenvalue weighted by Gasteiger charge is 2.36. The molecule has 3 rings (SSSR count). The molecular weight excluding hydrogens is 356 g/mol. The molecule has 6 nitrogen and oxygen atoms in total. The zero-order valence-corrected chi connectivity index (χ0v) is 15.2. The molecule has 1 heterocycles. The van der Waals surface area contributed by atoms with E-state index in [4.69, 9.17) is 21.1 Å². The lowest BCUT2D eigenvalue weighted by Gasteiger charge is -2.18. The summed E-state index contributed by atoms with van der Waals surface area (Å²) in [5.41, 5.74) is 1.15. The molecule has 1 fully saturated rings. The van der Waals surface area contributed by atoms with Crippen molar-refractivity contribution in [3.05, 3.63) is 47.5 Å². The zero-order valence-electron chi connectivity index (χ0n) is 14.5. The smallest absolute Gasteiger partial charge is 0.229 e. The lowest BCUT2D eigenvalue weighted by Crippen LogP contribution is -2.28. The molecule has 0 bridgehead atoms. The summed E-state index contributed by atoms with van der Waals surface area (Å²) in [6, 6.07) is 12.2. The van der Waals surface area contributed by atoms with Gasteiger partial charge in [-0.25, -0.2) is 0 Å². The minimum absolute atomic E-state index is 0.125. The number of amides is 2. The van der Waals surface area contributed by atoms with Gasteiger partial charge in [0.1, 0.15) is 11.5 Å². The van der Waals surface area contributed by atoms with Crippen LogP contribution in [0.4, 0.5) is 11.4 Å². The first-order valence-electron chi connectivity index (χ1n) is 8.11. The first kappa shape index (κ1) is 18.1. The average molecular weight is 375 g/mol. The molecule has 1 atom stereocenters. The molecule has 26 heavy (non-hydrogen) atoms. The number of carbonyl (C=O) groups excluding carboxylic acids is 2. The Balaban J connectivity index is 1.74. The number of methoxy groups -OCH3 is 2. The number of ether oxygens (including phenoxy) is 2. The topological polar surface area (TPSA) is 67.9 Å². The van der Waals surface area contributed by atoms with Gasteiger partial charge in [0.05, 0.1) is 36.5 Å². The third kappa shape index (κ3) is 3.60. The maximum Gasteiger partial charge on any atom is 0.229 e. The van der Waals surface area contributed by atoms with Crippen LogP contribution in [0.1, 0.15) is 6.42 Å². The van der Waals surface area contributed by atoms with E-state index < -0.39 is 5.92 Å². The molecule has 7 heteroatoms. The van der Waals surface area contributed by atoms with E-state index >= 15 is 0 Å². The highest BCUT2D eigenvalue weighted by molar-refractivity contribution is 6.33. The first-order chi connectivity index (χ1) is 12.5. The van der Waals surface area contributed by atoms with Crippen molar-refractivity contribution in [1.82, 2.24) is 0 Å². The van der Waals surface area contributed by atoms with Crippen LogP contribution in [0.15, 0.2) is 42.5 Å². The summed E-state index contributed by atoms with van der Waals surface area (Å²) in [7, 11) is 3.07. The number of nitrogens with one attached hydrogen (secondary N) is 1. The molecule has 2 aromatic rings. The van der Waals surface area contributed by atoms with Gasteiger partial charge in [0.15, 0.2) is 0 Å². The van der Waals surface area contributed by atoms with E-state index in [9.17, 15) is 9.59 Å². The lowest BCUT2D eigenvalue weighted by atomic mass is 10.1. The maximum atomic E-state index is 12.6. The highest BCUT2D eigenvalue weighted by Crippen LogP contribution is 2.33. The molecule has 1 N–H and O–H groups in total.